The van der Waals surface area contributed by atoms with Gasteiger partial charge in [0.25, 0.3) is 5.91 Å². The van der Waals surface area contributed by atoms with Gasteiger partial charge in [0.2, 0.25) is 5.91 Å². The van der Waals surface area contributed by atoms with Crippen LogP contribution in [-0.2, 0) is 21.5 Å². The zero-order valence-corrected chi connectivity index (χ0v) is 20.1. The summed E-state index contributed by atoms with van der Waals surface area (Å²) in [7, 11) is -2.79. The molecule has 0 aliphatic heterocycles. The van der Waals surface area contributed by atoms with Gasteiger partial charge in [-0.05, 0) is 67.9 Å². The van der Waals surface area contributed by atoms with Gasteiger partial charge in [-0.3, -0.25) is 9.59 Å². The predicted molar refractivity (Wildman–Crippen MR) is 125 cm³/mol. The maximum atomic E-state index is 12.9. The van der Waals surface area contributed by atoms with Gasteiger partial charge in [-0.25, -0.2) is 0 Å². The maximum Gasteiger partial charge on any atom is 0.339 e. The van der Waals surface area contributed by atoms with E-state index < -0.39 is 10.1 Å². The van der Waals surface area contributed by atoms with Crippen LogP contribution in [0.5, 0.6) is 11.5 Å². The van der Waals surface area contributed by atoms with Gasteiger partial charge in [0.05, 0.1) is 13.4 Å². The van der Waals surface area contributed by atoms with Crippen molar-refractivity contribution in [3.63, 3.8) is 0 Å². The molecule has 10 heteroatoms. The lowest BCUT2D eigenvalue weighted by Gasteiger charge is -2.26. The summed E-state index contributed by atoms with van der Waals surface area (Å²) < 4.78 is 41.6. The number of amides is 2. The Morgan fingerprint density at radius 3 is 2.32 bits per heavy atom. The Kier molecular flexibility index (Phi) is 7.62. The molecular formula is C24H26N2O7S. The van der Waals surface area contributed by atoms with Gasteiger partial charge in [-0.1, -0.05) is 6.07 Å². The van der Waals surface area contributed by atoms with E-state index in [1.807, 2.05) is 13.8 Å². The van der Waals surface area contributed by atoms with Crippen molar-refractivity contribution in [1.29, 1.82) is 0 Å². The van der Waals surface area contributed by atoms with Gasteiger partial charge in [0.15, 0.2) is 17.3 Å². The average Bonchev–Trinajstić information content (AvgIpc) is 3.32. The van der Waals surface area contributed by atoms with Crippen LogP contribution in [-0.4, -0.2) is 38.3 Å². The van der Waals surface area contributed by atoms with Crippen LogP contribution in [0.15, 0.2) is 70.2 Å². The Morgan fingerprint density at radius 1 is 1.06 bits per heavy atom. The summed E-state index contributed by atoms with van der Waals surface area (Å²) in [6.07, 6.45) is 1.43. The number of hydrogen-bond donors (Lipinski definition) is 1. The topological polar surface area (TPSA) is 115 Å². The van der Waals surface area contributed by atoms with E-state index in [1.54, 1.807) is 29.2 Å². The van der Waals surface area contributed by atoms with Crippen molar-refractivity contribution < 1.29 is 31.3 Å². The fourth-order valence-electron chi connectivity index (χ4n) is 3.19. The molecule has 0 bridgehead atoms. The van der Waals surface area contributed by atoms with Gasteiger partial charge < -0.3 is 23.6 Å². The number of ether oxygens (including phenoxy) is 1. The minimum atomic E-state index is -4.19. The number of carbonyl (C=O) groups is 2. The van der Waals surface area contributed by atoms with Crippen molar-refractivity contribution in [1.82, 2.24) is 4.90 Å². The fourth-order valence-corrected chi connectivity index (χ4v) is 4.12. The molecule has 0 unspecified atom stereocenters. The zero-order valence-electron chi connectivity index (χ0n) is 19.3. The third kappa shape index (κ3) is 5.96. The zero-order chi connectivity index (χ0) is 24.9. The van der Waals surface area contributed by atoms with Gasteiger partial charge in [-0.2, -0.15) is 8.42 Å². The summed E-state index contributed by atoms with van der Waals surface area (Å²) in [4.78, 5) is 25.5. The largest absolute Gasteiger partial charge is 0.493 e. The van der Waals surface area contributed by atoms with E-state index in [0.717, 1.165) is 0 Å². The van der Waals surface area contributed by atoms with E-state index in [0.29, 0.717) is 11.3 Å². The molecule has 3 rings (SSSR count). The first kappa shape index (κ1) is 24.8. The van der Waals surface area contributed by atoms with E-state index in [1.165, 1.54) is 50.6 Å². The van der Waals surface area contributed by atoms with Crippen molar-refractivity contribution in [3.8, 4) is 11.5 Å². The Bertz CT molecular complexity index is 1250. The molecule has 180 valence electrons. The number of methoxy groups -OCH3 is 1. The Balaban J connectivity index is 1.85. The highest BCUT2D eigenvalue weighted by Crippen LogP contribution is 2.32. The van der Waals surface area contributed by atoms with E-state index in [2.05, 4.69) is 5.32 Å². The Labute approximate surface area is 198 Å². The van der Waals surface area contributed by atoms with Crippen molar-refractivity contribution in [2.45, 2.75) is 38.3 Å². The van der Waals surface area contributed by atoms with Gasteiger partial charge in [0, 0.05) is 25.2 Å². The van der Waals surface area contributed by atoms with Crippen molar-refractivity contribution >= 4 is 27.6 Å². The smallest absolute Gasteiger partial charge is 0.339 e. The molecule has 2 amide bonds. The van der Waals surface area contributed by atoms with Crippen LogP contribution in [0.3, 0.4) is 0 Å². The third-order valence-corrected chi connectivity index (χ3v) is 6.11. The summed E-state index contributed by atoms with van der Waals surface area (Å²) in [5.74, 6) is -0.140. The second kappa shape index (κ2) is 10.4. The molecule has 0 radical (unpaired) electrons. The molecule has 1 N–H and O–H groups in total. The van der Waals surface area contributed by atoms with Gasteiger partial charge >= 0.3 is 10.1 Å². The van der Waals surface area contributed by atoms with Crippen LogP contribution in [0, 0.1) is 0 Å². The molecule has 0 saturated heterocycles. The first-order valence-corrected chi connectivity index (χ1v) is 11.8. The molecule has 1 heterocycles. The van der Waals surface area contributed by atoms with Gasteiger partial charge in [-0.15, -0.1) is 0 Å². The third-order valence-electron chi connectivity index (χ3n) is 4.86. The average molecular weight is 487 g/mol. The number of hydrogen-bond acceptors (Lipinski definition) is 7. The molecule has 34 heavy (non-hydrogen) atoms. The van der Waals surface area contributed by atoms with E-state index >= 15 is 0 Å². The molecule has 0 atom stereocenters. The molecular weight excluding hydrogens is 460 g/mol. The Hall–Kier alpha value is -3.79. The second-order valence-electron chi connectivity index (χ2n) is 7.73. The summed E-state index contributed by atoms with van der Waals surface area (Å²) in [5.41, 5.74) is 1.10. The fraction of sp³-hybridized carbons (Fsp3) is 0.250. The summed E-state index contributed by atoms with van der Waals surface area (Å²) >= 11 is 0. The first-order chi connectivity index (χ1) is 16.1. The van der Waals surface area contributed by atoms with Crippen LogP contribution >= 0.6 is 0 Å². The highest BCUT2D eigenvalue weighted by molar-refractivity contribution is 7.87. The normalized spacial score (nSPS) is 11.2. The standard InChI is InChI=1S/C24H26N2O7S/c1-16(2)26(24(28)22-6-5-13-32-22)15-18-7-12-21(31-4)23(14-18)33-34(29,30)20-10-8-19(9-11-20)25-17(3)27/h5-14,16H,15H2,1-4H3,(H,25,27). The van der Waals surface area contributed by atoms with E-state index in [-0.39, 0.29) is 46.6 Å². The SMILES string of the molecule is COc1ccc(CN(C(=O)c2ccco2)C(C)C)cc1OS(=O)(=O)c1ccc(NC(C)=O)cc1. The number of furan rings is 1. The molecule has 0 saturated carbocycles. The van der Waals surface area contributed by atoms with Crippen LogP contribution in [0.1, 0.15) is 36.9 Å². The van der Waals surface area contributed by atoms with E-state index in [4.69, 9.17) is 13.3 Å². The number of anilines is 1. The van der Waals surface area contributed by atoms with Crippen LogP contribution < -0.4 is 14.2 Å². The van der Waals surface area contributed by atoms with Crippen molar-refractivity contribution in [2.75, 3.05) is 12.4 Å². The monoisotopic (exact) mass is 486 g/mol. The predicted octanol–water partition coefficient (Wildman–Crippen LogP) is 4.07. The summed E-state index contributed by atoms with van der Waals surface area (Å²) in [5, 5.41) is 2.57. The molecule has 9 nitrogen and oxygen atoms in total. The molecule has 0 aliphatic rings. The number of carbonyl (C=O) groups excluding carboxylic acids is 2. The molecule has 0 fully saturated rings. The highest BCUT2D eigenvalue weighted by Gasteiger charge is 2.23. The van der Waals surface area contributed by atoms with Gasteiger partial charge in [0.1, 0.15) is 4.90 Å². The molecule has 0 spiro atoms. The second-order valence-corrected chi connectivity index (χ2v) is 9.28. The lowest BCUT2D eigenvalue weighted by Crippen LogP contribution is -2.36. The van der Waals surface area contributed by atoms with E-state index in [9.17, 15) is 18.0 Å². The van der Waals surface area contributed by atoms with Crippen LogP contribution in [0.2, 0.25) is 0 Å². The molecule has 3 aromatic rings. The minimum Gasteiger partial charge on any atom is -0.493 e. The molecule has 0 aliphatic carbocycles. The number of benzene rings is 2. The summed E-state index contributed by atoms with van der Waals surface area (Å²) in [6, 6.07) is 13.5. The first-order valence-electron chi connectivity index (χ1n) is 10.4. The molecule has 1 aromatic heterocycles. The summed E-state index contributed by atoms with van der Waals surface area (Å²) in [6.45, 7) is 5.30. The minimum absolute atomic E-state index is 0.0138. The lowest BCUT2D eigenvalue weighted by atomic mass is 10.1. The van der Waals surface area contributed by atoms with Crippen molar-refractivity contribution in [2.24, 2.45) is 0 Å². The number of nitrogens with zero attached hydrogens (tertiary/aromatic N) is 1. The lowest BCUT2D eigenvalue weighted by molar-refractivity contribution is -0.114. The molecule has 2 aromatic carbocycles. The Morgan fingerprint density at radius 2 is 1.76 bits per heavy atom. The van der Waals surface area contributed by atoms with Crippen LogP contribution in [0.4, 0.5) is 5.69 Å². The highest BCUT2D eigenvalue weighted by atomic mass is 32.2. The quantitative estimate of drug-likeness (QED) is 0.454. The maximum absolute atomic E-state index is 12.9. The number of nitrogens with one attached hydrogen (secondary N) is 1. The van der Waals surface area contributed by atoms with Crippen LogP contribution in [0.25, 0.3) is 0 Å². The van der Waals surface area contributed by atoms with Crippen molar-refractivity contribution in [3.05, 3.63) is 72.2 Å². The number of rotatable bonds is 9.